The van der Waals surface area contributed by atoms with Gasteiger partial charge in [0.2, 0.25) is 0 Å². The van der Waals surface area contributed by atoms with E-state index in [-0.39, 0.29) is 0 Å². The highest BCUT2D eigenvalue weighted by molar-refractivity contribution is 6.90. The molecular weight excluding hydrogens is 362 g/mol. The number of hydrogen-bond acceptors (Lipinski definition) is 2. The SMILES string of the molecule is CO[C@H](c1ccc(Cl)cc1)[C@H](C#C[Si](C(C)C)(C(C)C)C(C)C)N=[N+]=[N-]. The van der Waals surface area contributed by atoms with Gasteiger partial charge in [-0.25, -0.2) is 0 Å². The number of hydrogen-bond donors (Lipinski definition) is 0. The minimum Gasteiger partial charge on any atom is -0.375 e. The van der Waals surface area contributed by atoms with Gasteiger partial charge in [-0.05, 0) is 39.9 Å². The van der Waals surface area contributed by atoms with Crippen molar-refractivity contribution < 1.29 is 4.74 Å². The molecule has 0 saturated heterocycles. The van der Waals surface area contributed by atoms with Gasteiger partial charge in [0.25, 0.3) is 0 Å². The molecule has 2 atom stereocenters. The van der Waals surface area contributed by atoms with E-state index in [0.717, 1.165) is 5.56 Å². The average Bonchev–Trinajstić information content (AvgIpc) is 2.56. The van der Waals surface area contributed by atoms with Crippen LogP contribution in [0.3, 0.4) is 0 Å². The molecule has 0 spiro atoms. The maximum Gasteiger partial charge on any atom is 0.145 e. The van der Waals surface area contributed by atoms with Gasteiger partial charge in [-0.15, -0.1) is 5.54 Å². The van der Waals surface area contributed by atoms with Crippen LogP contribution in [0.1, 0.15) is 53.2 Å². The highest BCUT2D eigenvalue weighted by atomic mass is 35.5. The van der Waals surface area contributed by atoms with Gasteiger partial charge < -0.3 is 4.74 Å². The van der Waals surface area contributed by atoms with Gasteiger partial charge in [0.15, 0.2) is 0 Å². The van der Waals surface area contributed by atoms with Crippen LogP contribution in [0.2, 0.25) is 21.6 Å². The predicted molar refractivity (Wildman–Crippen MR) is 113 cm³/mol. The fraction of sp³-hybridized carbons (Fsp3) is 0.600. The maximum absolute atomic E-state index is 9.05. The van der Waals surface area contributed by atoms with Crippen LogP contribution in [0.5, 0.6) is 0 Å². The van der Waals surface area contributed by atoms with Gasteiger partial charge in [0.05, 0.1) is 0 Å². The number of halogens is 1. The van der Waals surface area contributed by atoms with Gasteiger partial charge in [-0.2, -0.15) is 0 Å². The van der Waals surface area contributed by atoms with Crippen molar-refractivity contribution in [2.75, 3.05) is 7.11 Å². The molecule has 1 rings (SSSR count). The summed E-state index contributed by atoms with van der Waals surface area (Å²) in [5.41, 5.74) is 15.1. The highest BCUT2D eigenvalue weighted by Gasteiger charge is 2.42. The van der Waals surface area contributed by atoms with Crippen LogP contribution < -0.4 is 0 Å². The molecule has 0 heterocycles. The normalized spacial score (nSPS) is 14.0. The van der Waals surface area contributed by atoms with E-state index in [2.05, 4.69) is 63.0 Å². The highest BCUT2D eigenvalue weighted by Crippen LogP contribution is 2.41. The number of nitrogens with zero attached hydrogens (tertiary/aromatic N) is 3. The summed E-state index contributed by atoms with van der Waals surface area (Å²) in [7, 11) is -0.299. The Kier molecular flexibility index (Phi) is 8.72. The van der Waals surface area contributed by atoms with E-state index in [9.17, 15) is 0 Å². The number of rotatable bonds is 7. The van der Waals surface area contributed by atoms with Crippen LogP contribution in [0.15, 0.2) is 29.4 Å². The molecule has 0 unspecified atom stereocenters. The van der Waals surface area contributed by atoms with Crippen LogP contribution in [-0.4, -0.2) is 21.2 Å². The minimum atomic E-state index is -1.91. The van der Waals surface area contributed by atoms with E-state index in [1.54, 1.807) is 19.2 Å². The van der Waals surface area contributed by atoms with E-state index in [1.165, 1.54) is 0 Å². The number of methoxy groups -OCH3 is 1. The first-order valence-corrected chi connectivity index (χ1v) is 11.7. The monoisotopic (exact) mass is 391 g/mol. The van der Waals surface area contributed by atoms with Crippen molar-refractivity contribution in [2.24, 2.45) is 5.11 Å². The number of benzene rings is 1. The van der Waals surface area contributed by atoms with Gasteiger partial charge in [0, 0.05) is 17.0 Å². The molecular formula is C20H30ClN3OSi. The first-order valence-electron chi connectivity index (χ1n) is 9.05. The third kappa shape index (κ3) is 5.05. The standard InChI is InChI=1S/C20H30ClN3OSi/c1-14(2)26(15(3)4,16(5)6)13-12-19(23-24-22)20(25-7)17-8-10-18(21)11-9-17/h8-11,14-16,19-20H,1-7H3/t19-,20+/m0/s1. The van der Waals surface area contributed by atoms with Crippen molar-refractivity contribution in [1.29, 1.82) is 0 Å². The molecule has 0 N–H and O–H groups in total. The molecule has 0 aliphatic carbocycles. The third-order valence-electron chi connectivity index (χ3n) is 5.22. The molecule has 0 radical (unpaired) electrons. The summed E-state index contributed by atoms with van der Waals surface area (Å²) in [6.07, 6.45) is -0.422. The van der Waals surface area contributed by atoms with Crippen molar-refractivity contribution in [1.82, 2.24) is 0 Å². The molecule has 26 heavy (non-hydrogen) atoms. The van der Waals surface area contributed by atoms with Gasteiger partial charge in [-0.3, -0.25) is 0 Å². The van der Waals surface area contributed by atoms with Crippen LogP contribution in [0.4, 0.5) is 0 Å². The Labute approximate surface area is 163 Å². The fourth-order valence-corrected chi connectivity index (χ4v) is 9.34. The average molecular weight is 392 g/mol. The summed E-state index contributed by atoms with van der Waals surface area (Å²) in [5, 5.41) is 4.60. The second-order valence-corrected chi connectivity index (χ2v) is 13.5. The zero-order valence-corrected chi connectivity index (χ0v) is 18.6. The molecule has 0 aromatic heterocycles. The predicted octanol–water partition coefficient (Wildman–Crippen LogP) is 6.93. The van der Waals surface area contributed by atoms with Gasteiger partial charge in [0.1, 0.15) is 20.2 Å². The zero-order valence-electron chi connectivity index (χ0n) is 16.8. The van der Waals surface area contributed by atoms with Crippen molar-refractivity contribution in [2.45, 2.75) is 70.3 Å². The van der Waals surface area contributed by atoms with E-state index in [1.807, 2.05) is 12.1 Å². The first kappa shape index (κ1) is 22.6. The van der Waals surface area contributed by atoms with Crippen LogP contribution in [0.25, 0.3) is 10.4 Å². The van der Waals surface area contributed by atoms with Gasteiger partial charge >= 0.3 is 0 Å². The molecule has 0 fully saturated rings. The molecule has 0 aliphatic heterocycles. The minimum absolute atomic E-state index is 0.422. The quantitative estimate of drug-likeness (QED) is 0.163. The Balaban J connectivity index is 3.39. The topological polar surface area (TPSA) is 58.0 Å². The molecule has 0 aliphatic rings. The fourth-order valence-electron chi connectivity index (χ4n) is 3.95. The molecule has 142 valence electrons. The smallest absolute Gasteiger partial charge is 0.145 e. The largest absolute Gasteiger partial charge is 0.375 e. The van der Waals surface area contributed by atoms with E-state index in [0.29, 0.717) is 21.6 Å². The molecule has 0 bridgehead atoms. The Hall–Kier alpha value is -1.44. The molecule has 1 aromatic rings. The van der Waals surface area contributed by atoms with Crippen molar-refractivity contribution in [3.05, 3.63) is 45.3 Å². The summed E-state index contributed by atoms with van der Waals surface area (Å²) in [5.74, 6) is 3.30. The van der Waals surface area contributed by atoms with Crippen LogP contribution >= 0.6 is 11.6 Å². The second-order valence-electron chi connectivity index (χ2n) is 7.52. The van der Waals surface area contributed by atoms with Crippen molar-refractivity contribution >= 4 is 19.7 Å². The lowest BCUT2D eigenvalue weighted by molar-refractivity contribution is 0.0949. The molecule has 0 saturated carbocycles. The molecule has 6 heteroatoms. The zero-order chi connectivity index (χ0) is 19.9. The first-order chi connectivity index (χ1) is 12.2. The van der Waals surface area contributed by atoms with Crippen molar-refractivity contribution in [3.8, 4) is 11.5 Å². The second kappa shape index (κ2) is 10.0. The molecule has 0 amide bonds. The van der Waals surface area contributed by atoms with Gasteiger partial charge in [-0.1, -0.05) is 76.3 Å². The summed E-state index contributed by atoms with van der Waals surface area (Å²) in [6, 6.07) is 6.80. The molecule has 1 aromatic carbocycles. The van der Waals surface area contributed by atoms with Crippen LogP contribution in [-0.2, 0) is 4.74 Å². The lowest BCUT2D eigenvalue weighted by Gasteiger charge is -2.38. The summed E-state index contributed by atoms with van der Waals surface area (Å²) < 4.78 is 5.64. The number of azide groups is 1. The van der Waals surface area contributed by atoms with E-state index >= 15 is 0 Å². The van der Waals surface area contributed by atoms with E-state index < -0.39 is 20.2 Å². The van der Waals surface area contributed by atoms with E-state index in [4.69, 9.17) is 21.9 Å². The summed E-state index contributed by atoms with van der Waals surface area (Å²) in [6.45, 7) is 13.6. The maximum atomic E-state index is 9.05. The Morgan fingerprint density at radius 3 is 1.92 bits per heavy atom. The number of ether oxygens (including phenoxy) is 1. The lowest BCUT2D eigenvalue weighted by atomic mass is 10.0. The summed E-state index contributed by atoms with van der Waals surface area (Å²) >= 11 is 5.98. The molecule has 4 nitrogen and oxygen atoms in total. The van der Waals surface area contributed by atoms with Crippen molar-refractivity contribution in [3.63, 3.8) is 0 Å². The Morgan fingerprint density at radius 1 is 1.04 bits per heavy atom. The Bertz CT molecular complexity index is 663. The Morgan fingerprint density at radius 2 is 1.54 bits per heavy atom. The lowest BCUT2D eigenvalue weighted by Crippen LogP contribution is -2.43. The summed E-state index contributed by atoms with van der Waals surface area (Å²) in [4.78, 5) is 3.02. The third-order valence-corrected chi connectivity index (χ3v) is 11.8. The van der Waals surface area contributed by atoms with Crippen LogP contribution in [0, 0.1) is 11.5 Å².